The summed E-state index contributed by atoms with van der Waals surface area (Å²) >= 11 is -3.10. The first kappa shape index (κ1) is 20.1. The Balaban J connectivity index is 2.45. The van der Waals surface area contributed by atoms with Crippen LogP contribution in [-0.4, -0.2) is 85.7 Å². The molecule has 5 unspecified atom stereocenters. The third kappa shape index (κ3) is 7.07. The molecule has 0 spiro atoms. The number of hydrogen-bond donors (Lipinski definition) is 4. The van der Waals surface area contributed by atoms with Crippen molar-refractivity contribution in [1.29, 1.82) is 0 Å². The van der Waals surface area contributed by atoms with Gasteiger partial charge >= 0.3 is 130 Å². The summed E-state index contributed by atoms with van der Waals surface area (Å²) in [7, 11) is -4.67. The molecule has 0 aliphatic carbocycles. The number of ether oxygens (including phenoxy) is 2. The molecule has 0 radical (unpaired) electrons. The van der Waals surface area contributed by atoms with Crippen LogP contribution in [0.15, 0.2) is 0 Å². The van der Waals surface area contributed by atoms with Gasteiger partial charge in [-0.2, -0.15) is 0 Å². The van der Waals surface area contributed by atoms with Gasteiger partial charge in [-0.3, -0.25) is 0 Å². The zero-order valence-corrected chi connectivity index (χ0v) is 14.8. The first-order valence-electron chi connectivity index (χ1n) is 6.36. The predicted molar refractivity (Wildman–Crippen MR) is 73.1 cm³/mol. The minimum absolute atomic E-state index is 0.116. The molecule has 132 valence electrons. The van der Waals surface area contributed by atoms with E-state index in [9.17, 15) is 27.5 Å². The summed E-state index contributed by atoms with van der Waals surface area (Å²) in [5, 5.41) is 29.1. The fourth-order valence-electron chi connectivity index (χ4n) is 1.85. The van der Waals surface area contributed by atoms with Crippen molar-refractivity contribution in [2.24, 2.45) is 0 Å². The topological polar surface area (TPSA) is 160 Å². The molecule has 0 aromatic carbocycles. The van der Waals surface area contributed by atoms with E-state index in [4.69, 9.17) is 14.0 Å². The summed E-state index contributed by atoms with van der Waals surface area (Å²) in [6.07, 6.45) is -6.15. The first-order valence-corrected chi connectivity index (χ1v) is 13.6. The van der Waals surface area contributed by atoms with Gasteiger partial charge in [-0.25, -0.2) is 0 Å². The number of rotatable bonds is 8. The van der Waals surface area contributed by atoms with E-state index in [0.29, 0.717) is 0 Å². The second-order valence-electron chi connectivity index (χ2n) is 5.48. The zero-order chi connectivity index (χ0) is 17.1. The van der Waals surface area contributed by atoms with Gasteiger partial charge in [-0.05, 0) is 0 Å². The molecular weight excluding hydrogens is 387 g/mol. The molecule has 10 nitrogen and oxygen atoms in total. The normalized spacial score (nSPS) is 31.4. The number of hydrogen-bond acceptors (Lipinski definition) is 9. The summed E-state index contributed by atoms with van der Waals surface area (Å²) in [6, 6.07) is 0. The second kappa shape index (κ2) is 7.73. The Hall–Kier alpha value is 0.0284. The van der Waals surface area contributed by atoms with E-state index < -0.39 is 67.8 Å². The summed E-state index contributed by atoms with van der Waals surface area (Å²) in [6.45, 7) is -1.20. The van der Waals surface area contributed by atoms with Crippen LogP contribution in [0, 0.1) is 0 Å². The molecule has 0 amide bonds. The SMILES string of the molecule is C[As](C)(=O)CC1OC(OCC(O)COS(=O)(=O)O)C(O)C1O. The standard InChI is InChI=1S/C10H21AsO10S/c1-11(2,15)3-7-8(13)9(14)10(21-7)19-4-6(12)5-20-22(16,17)18/h6-10,12-14H,3-5H2,1-2H3,(H,16,17,18). The average Bonchev–Trinajstić information content (AvgIpc) is 2.59. The molecule has 4 N–H and O–H groups in total. The Bertz CT molecular complexity index is 502. The van der Waals surface area contributed by atoms with E-state index >= 15 is 0 Å². The van der Waals surface area contributed by atoms with Gasteiger partial charge in [0.05, 0.1) is 0 Å². The van der Waals surface area contributed by atoms with Crippen LogP contribution in [0.2, 0.25) is 16.6 Å². The van der Waals surface area contributed by atoms with Gasteiger partial charge < -0.3 is 0 Å². The van der Waals surface area contributed by atoms with Crippen LogP contribution < -0.4 is 0 Å². The van der Waals surface area contributed by atoms with Crippen molar-refractivity contribution >= 4 is 23.9 Å². The van der Waals surface area contributed by atoms with Gasteiger partial charge in [0.25, 0.3) is 0 Å². The number of aliphatic hydroxyl groups excluding tert-OH is 3. The second-order valence-corrected chi connectivity index (χ2v) is 13.9. The summed E-state index contributed by atoms with van der Waals surface area (Å²) in [5.41, 5.74) is 3.15. The van der Waals surface area contributed by atoms with Crippen molar-refractivity contribution in [3.05, 3.63) is 0 Å². The van der Waals surface area contributed by atoms with Crippen LogP contribution in [0.25, 0.3) is 0 Å². The molecule has 12 heteroatoms. The Labute approximate surface area is 130 Å². The Morgan fingerprint density at radius 1 is 1.23 bits per heavy atom. The van der Waals surface area contributed by atoms with Crippen molar-refractivity contribution in [2.75, 3.05) is 13.2 Å². The summed E-state index contributed by atoms with van der Waals surface area (Å²) < 4.78 is 55.0. The summed E-state index contributed by atoms with van der Waals surface area (Å²) in [5.74, 6) is 0. The number of aliphatic hydroxyl groups is 3. The van der Waals surface area contributed by atoms with Crippen LogP contribution >= 0.6 is 0 Å². The van der Waals surface area contributed by atoms with E-state index in [2.05, 4.69) is 4.18 Å². The van der Waals surface area contributed by atoms with Crippen LogP contribution in [0.5, 0.6) is 0 Å². The van der Waals surface area contributed by atoms with Crippen LogP contribution in [0.1, 0.15) is 0 Å². The van der Waals surface area contributed by atoms with Gasteiger partial charge in [0.2, 0.25) is 0 Å². The maximum absolute atomic E-state index is 11.8. The van der Waals surface area contributed by atoms with E-state index in [1.807, 2.05) is 0 Å². The monoisotopic (exact) mass is 408 g/mol. The Morgan fingerprint density at radius 2 is 1.82 bits per heavy atom. The maximum atomic E-state index is 11.8. The Morgan fingerprint density at radius 3 is 2.32 bits per heavy atom. The van der Waals surface area contributed by atoms with Gasteiger partial charge in [-0.15, -0.1) is 0 Å². The van der Waals surface area contributed by atoms with Gasteiger partial charge in [0.1, 0.15) is 0 Å². The molecule has 0 aromatic rings. The molecule has 5 atom stereocenters. The molecule has 1 heterocycles. The van der Waals surface area contributed by atoms with Crippen molar-refractivity contribution in [2.45, 2.75) is 47.3 Å². The van der Waals surface area contributed by atoms with E-state index in [1.165, 1.54) is 0 Å². The minimum atomic E-state index is -4.67. The molecule has 0 saturated carbocycles. The van der Waals surface area contributed by atoms with E-state index in [-0.39, 0.29) is 5.21 Å². The fraction of sp³-hybridized carbons (Fsp3) is 1.00. The quantitative estimate of drug-likeness (QED) is 0.268. The van der Waals surface area contributed by atoms with Crippen molar-refractivity contribution in [1.82, 2.24) is 0 Å². The van der Waals surface area contributed by atoms with Crippen LogP contribution in [0.3, 0.4) is 0 Å². The molecule has 1 aliphatic heterocycles. The molecule has 1 rings (SSSR count). The first-order chi connectivity index (χ1) is 9.89. The van der Waals surface area contributed by atoms with Crippen LogP contribution in [-0.2, 0) is 27.8 Å². The molecular formula is C10H21AsO10S. The van der Waals surface area contributed by atoms with Gasteiger partial charge in [0.15, 0.2) is 0 Å². The predicted octanol–water partition coefficient (Wildman–Crippen LogP) is -1.73. The van der Waals surface area contributed by atoms with Gasteiger partial charge in [-0.1, -0.05) is 0 Å². The molecule has 1 aliphatic rings. The fourth-order valence-corrected chi connectivity index (χ4v) is 4.64. The van der Waals surface area contributed by atoms with Crippen molar-refractivity contribution in [3.8, 4) is 0 Å². The molecule has 1 fully saturated rings. The van der Waals surface area contributed by atoms with Crippen molar-refractivity contribution < 1.29 is 45.7 Å². The van der Waals surface area contributed by atoms with Crippen molar-refractivity contribution in [3.63, 3.8) is 0 Å². The third-order valence-electron chi connectivity index (χ3n) is 2.80. The zero-order valence-electron chi connectivity index (χ0n) is 12.1. The molecule has 0 bridgehead atoms. The van der Waals surface area contributed by atoms with E-state index in [0.717, 1.165) is 0 Å². The Kier molecular flexibility index (Phi) is 7.06. The molecule has 0 aromatic heterocycles. The van der Waals surface area contributed by atoms with E-state index in [1.54, 1.807) is 11.4 Å². The average molecular weight is 408 g/mol. The third-order valence-corrected chi connectivity index (χ3v) is 5.83. The molecule has 22 heavy (non-hydrogen) atoms. The summed E-state index contributed by atoms with van der Waals surface area (Å²) in [4.78, 5) is 0. The van der Waals surface area contributed by atoms with Gasteiger partial charge in [0, 0.05) is 0 Å². The molecule has 1 saturated heterocycles. The van der Waals surface area contributed by atoms with Crippen LogP contribution in [0.4, 0.5) is 0 Å².